The third kappa shape index (κ3) is 3.33. The van der Waals surface area contributed by atoms with Crippen molar-refractivity contribution < 1.29 is 4.79 Å². The lowest BCUT2D eigenvalue weighted by atomic mass is 9.71. The van der Waals surface area contributed by atoms with E-state index in [0.717, 1.165) is 17.2 Å². The summed E-state index contributed by atoms with van der Waals surface area (Å²) in [6.45, 7) is 4.55. The van der Waals surface area contributed by atoms with Gasteiger partial charge in [0.25, 0.3) is 0 Å². The van der Waals surface area contributed by atoms with E-state index >= 15 is 0 Å². The molecule has 1 aromatic heterocycles. The highest BCUT2D eigenvalue weighted by Gasteiger charge is 2.32. The van der Waals surface area contributed by atoms with E-state index in [9.17, 15) is 4.79 Å². The number of nitrogens with zero attached hydrogens (tertiary/aromatic N) is 2. The van der Waals surface area contributed by atoms with Crippen molar-refractivity contribution in [1.29, 1.82) is 0 Å². The molecule has 6 heteroatoms. The minimum absolute atomic E-state index is 0.0553. The molecule has 0 radical (unpaired) electrons. The first-order valence-electron chi connectivity index (χ1n) is 7.34. The monoisotopic (exact) mass is 333 g/mol. The molecule has 0 fully saturated rings. The van der Waals surface area contributed by atoms with E-state index in [1.54, 1.807) is 5.51 Å². The van der Waals surface area contributed by atoms with Crippen LogP contribution < -0.4 is 5.32 Å². The predicted molar refractivity (Wildman–Crippen MR) is 90.2 cm³/mol. The number of rotatable bonds is 4. The number of hydrogen-bond donors (Lipinski definition) is 1. The zero-order valence-corrected chi connectivity index (χ0v) is 14.3. The van der Waals surface area contributed by atoms with Gasteiger partial charge >= 0.3 is 0 Å². The van der Waals surface area contributed by atoms with E-state index in [2.05, 4.69) is 53.6 Å². The zero-order valence-electron chi connectivity index (χ0n) is 12.7. The van der Waals surface area contributed by atoms with Crippen molar-refractivity contribution in [3.8, 4) is 0 Å². The van der Waals surface area contributed by atoms with Gasteiger partial charge in [-0.1, -0.05) is 61.2 Å². The van der Waals surface area contributed by atoms with Gasteiger partial charge in [-0.3, -0.25) is 4.79 Å². The molecular weight excluding hydrogens is 314 g/mol. The highest BCUT2D eigenvalue weighted by molar-refractivity contribution is 8.01. The van der Waals surface area contributed by atoms with Crippen molar-refractivity contribution >= 4 is 29.0 Å². The van der Waals surface area contributed by atoms with Crippen LogP contribution in [0.5, 0.6) is 0 Å². The highest BCUT2D eigenvalue weighted by Crippen LogP contribution is 2.41. The number of benzene rings is 1. The van der Waals surface area contributed by atoms with Gasteiger partial charge in [0.1, 0.15) is 5.51 Å². The fourth-order valence-electron chi connectivity index (χ4n) is 2.95. The van der Waals surface area contributed by atoms with Crippen LogP contribution in [-0.2, 0) is 10.2 Å². The molecule has 1 amide bonds. The number of carbonyl (C=O) groups is 1. The second kappa shape index (κ2) is 6.38. The Hall–Kier alpha value is -1.40. The van der Waals surface area contributed by atoms with Crippen molar-refractivity contribution in [2.24, 2.45) is 0 Å². The number of nitrogens with one attached hydrogen (secondary N) is 1. The third-order valence-corrected chi connectivity index (χ3v) is 5.99. The lowest BCUT2D eigenvalue weighted by Crippen LogP contribution is -2.36. The zero-order chi connectivity index (χ0) is 15.6. The summed E-state index contributed by atoms with van der Waals surface area (Å²) < 4.78 is 0.834. The molecule has 116 valence electrons. The van der Waals surface area contributed by atoms with Crippen molar-refractivity contribution in [3.05, 3.63) is 40.9 Å². The molecule has 1 aromatic carbocycles. The molecule has 1 atom stereocenters. The highest BCUT2D eigenvalue weighted by atomic mass is 32.2. The standard InChI is InChI=1S/C16H19N3OS2/c1-16(2)8-7-13(11-5-3-4-6-12(11)16)18-14(20)9-21-15-19-17-10-22-15/h3-6,10,13H,7-9H2,1-2H3,(H,18,20)/t13-/m1/s1. The summed E-state index contributed by atoms with van der Waals surface area (Å²) in [5.41, 5.74) is 4.47. The molecule has 3 rings (SSSR count). The number of aromatic nitrogens is 2. The molecule has 1 aliphatic rings. The van der Waals surface area contributed by atoms with Crippen LogP contribution in [0, 0.1) is 0 Å². The second-order valence-corrected chi connectivity index (χ2v) is 8.18. The Labute approximate surface area is 138 Å². The summed E-state index contributed by atoms with van der Waals surface area (Å²) in [7, 11) is 0. The summed E-state index contributed by atoms with van der Waals surface area (Å²) in [4.78, 5) is 12.2. The number of thioether (sulfide) groups is 1. The van der Waals surface area contributed by atoms with Gasteiger partial charge < -0.3 is 5.32 Å². The van der Waals surface area contributed by atoms with Gasteiger partial charge in [0.15, 0.2) is 4.34 Å². The Morgan fingerprint density at radius 3 is 3.05 bits per heavy atom. The van der Waals surface area contributed by atoms with E-state index in [4.69, 9.17) is 0 Å². The van der Waals surface area contributed by atoms with Crippen LogP contribution in [0.2, 0.25) is 0 Å². The Kier molecular flexibility index (Phi) is 4.49. The number of fused-ring (bicyclic) bond motifs is 1. The topological polar surface area (TPSA) is 54.9 Å². The first-order valence-corrected chi connectivity index (χ1v) is 9.20. The van der Waals surface area contributed by atoms with Gasteiger partial charge in [-0.2, -0.15) is 0 Å². The van der Waals surface area contributed by atoms with E-state index < -0.39 is 0 Å². The molecule has 22 heavy (non-hydrogen) atoms. The van der Waals surface area contributed by atoms with E-state index in [0.29, 0.717) is 5.75 Å². The van der Waals surface area contributed by atoms with Crippen molar-refractivity contribution in [2.45, 2.75) is 42.5 Å². The molecule has 0 saturated carbocycles. The van der Waals surface area contributed by atoms with E-state index in [-0.39, 0.29) is 17.4 Å². The van der Waals surface area contributed by atoms with Gasteiger partial charge in [0, 0.05) is 0 Å². The van der Waals surface area contributed by atoms with E-state index in [1.807, 2.05) is 0 Å². The van der Waals surface area contributed by atoms with E-state index in [1.165, 1.54) is 34.2 Å². The smallest absolute Gasteiger partial charge is 0.230 e. The Morgan fingerprint density at radius 2 is 2.27 bits per heavy atom. The van der Waals surface area contributed by atoms with Crippen LogP contribution in [0.1, 0.15) is 43.9 Å². The van der Waals surface area contributed by atoms with Gasteiger partial charge in [-0.15, -0.1) is 10.2 Å². The van der Waals surface area contributed by atoms with Gasteiger partial charge in [-0.05, 0) is 29.4 Å². The van der Waals surface area contributed by atoms with Crippen LogP contribution in [-0.4, -0.2) is 21.9 Å². The van der Waals surface area contributed by atoms with Gasteiger partial charge in [-0.25, -0.2) is 0 Å². The summed E-state index contributed by atoms with van der Waals surface area (Å²) in [6.07, 6.45) is 2.07. The maximum atomic E-state index is 12.2. The number of amides is 1. The van der Waals surface area contributed by atoms with Crippen LogP contribution in [0.3, 0.4) is 0 Å². The lowest BCUT2D eigenvalue weighted by Gasteiger charge is -2.37. The van der Waals surface area contributed by atoms with Crippen LogP contribution >= 0.6 is 23.1 Å². The van der Waals surface area contributed by atoms with Crippen LogP contribution in [0.25, 0.3) is 0 Å². The van der Waals surface area contributed by atoms with Crippen LogP contribution in [0.15, 0.2) is 34.1 Å². The fraction of sp³-hybridized carbons (Fsp3) is 0.438. The molecule has 1 aliphatic carbocycles. The van der Waals surface area contributed by atoms with Crippen molar-refractivity contribution in [3.63, 3.8) is 0 Å². The molecular formula is C16H19N3OS2. The first kappa shape index (κ1) is 15.5. The van der Waals surface area contributed by atoms with Crippen molar-refractivity contribution in [2.75, 3.05) is 5.75 Å². The molecule has 0 bridgehead atoms. The summed E-state index contributed by atoms with van der Waals surface area (Å²) in [5.74, 6) is 0.441. The SMILES string of the molecule is CC1(C)CC[C@@H](NC(=O)CSc2nncs2)c2ccccc21. The van der Waals surface area contributed by atoms with Gasteiger partial charge in [0.05, 0.1) is 11.8 Å². The maximum Gasteiger partial charge on any atom is 0.230 e. The fourth-order valence-corrected chi connectivity index (χ4v) is 4.25. The molecule has 0 saturated heterocycles. The molecule has 4 nitrogen and oxygen atoms in total. The Bertz CT molecular complexity index is 655. The summed E-state index contributed by atoms with van der Waals surface area (Å²) >= 11 is 2.90. The molecule has 2 aromatic rings. The quantitative estimate of drug-likeness (QED) is 0.869. The van der Waals surface area contributed by atoms with Crippen LogP contribution in [0.4, 0.5) is 0 Å². The Balaban J connectivity index is 1.67. The lowest BCUT2D eigenvalue weighted by molar-refractivity contribution is -0.119. The second-order valence-electron chi connectivity index (χ2n) is 6.12. The summed E-state index contributed by atoms with van der Waals surface area (Å²) in [6, 6.07) is 8.57. The molecule has 0 aliphatic heterocycles. The predicted octanol–water partition coefficient (Wildman–Crippen LogP) is 3.56. The largest absolute Gasteiger partial charge is 0.349 e. The first-order chi connectivity index (χ1) is 10.6. The molecule has 1 heterocycles. The minimum atomic E-state index is 0.0553. The normalized spacial score (nSPS) is 19.5. The third-order valence-electron chi connectivity index (χ3n) is 4.13. The minimum Gasteiger partial charge on any atom is -0.349 e. The average Bonchev–Trinajstić information content (AvgIpc) is 3.02. The van der Waals surface area contributed by atoms with Gasteiger partial charge in [0.2, 0.25) is 5.91 Å². The molecule has 0 spiro atoms. The van der Waals surface area contributed by atoms with Crippen molar-refractivity contribution in [1.82, 2.24) is 15.5 Å². The molecule has 1 N–H and O–H groups in total. The summed E-state index contributed by atoms with van der Waals surface area (Å²) in [5, 5.41) is 10.9. The average molecular weight is 333 g/mol. The number of carbonyl (C=O) groups excluding carboxylic acids is 1. The maximum absolute atomic E-state index is 12.2. The Morgan fingerprint density at radius 1 is 1.45 bits per heavy atom. The number of hydrogen-bond acceptors (Lipinski definition) is 5. The molecule has 0 unspecified atom stereocenters.